The van der Waals surface area contributed by atoms with E-state index < -0.39 is 6.04 Å². The van der Waals surface area contributed by atoms with Gasteiger partial charge in [0.2, 0.25) is 11.9 Å². The lowest BCUT2D eigenvalue weighted by atomic mass is 10.2. The molecule has 1 saturated heterocycles. The van der Waals surface area contributed by atoms with Crippen molar-refractivity contribution in [3.05, 3.63) is 54.4 Å². The molecule has 0 aliphatic carbocycles. The van der Waals surface area contributed by atoms with Crippen LogP contribution in [0.15, 0.2) is 48.8 Å². The van der Waals surface area contributed by atoms with Crippen molar-refractivity contribution < 1.29 is 9.59 Å². The number of carbonyl (C=O) groups excluding carboxylic acids is 2. The number of aromatic nitrogens is 2. The average Bonchev–Trinajstić information content (AvgIpc) is 2.74. The highest BCUT2D eigenvalue weighted by Gasteiger charge is 2.26. The van der Waals surface area contributed by atoms with Crippen LogP contribution in [0, 0.1) is 0 Å². The van der Waals surface area contributed by atoms with Crippen LogP contribution >= 0.6 is 0 Å². The Kier molecular flexibility index (Phi) is 6.41. The van der Waals surface area contributed by atoms with Crippen molar-refractivity contribution in [2.24, 2.45) is 0 Å². The Balaban J connectivity index is 1.47. The minimum atomic E-state index is -0.586. The Bertz CT molecular complexity index is 778. The second kappa shape index (κ2) is 9.16. The number of likely N-dealkylation sites (N-methyl/N-ethyl adjacent to an activating group) is 1. The van der Waals surface area contributed by atoms with Crippen LogP contribution < -0.4 is 10.2 Å². The molecule has 0 radical (unpaired) electrons. The summed E-state index contributed by atoms with van der Waals surface area (Å²) in [5.41, 5.74) is 1.05. The first-order valence-electron chi connectivity index (χ1n) is 9.41. The maximum atomic E-state index is 12.6. The largest absolute Gasteiger partial charge is 0.340 e. The van der Waals surface area contributed by atoms with Crippen LogP contribution in [-0.2, 0) is 11.3 Å². The molecule has 3 rings (SSSR count). The number of urea groups is 1. The molecular formula is C20H26N6O2. The highest BCUT2D eigenvalue weighted by Crippen LogP contribution is 2.10. The van der Waals surface area contributed by atoms with E-state index in [1.54, 1.807) is 42.2 Å². The average molecular weight is 382 g/mol. The number of hydrogen-bond donors (Lipinski definition) is 1. The van der Waals surface area contributed by atoms with Crippen molar-refractivity contribution in [3.63, 3.8) is 0 Å². The molecule has 1 aromatic heterocycles. The lowest BCUT2D eigenvalue weighted by Gasteiger charge is -2.35. The van der Waals surface area contributed by atoms with E-state index in [1.807, 2.05) is 35.2 Å². The zero-order valence-corrected chi connectivity index (χ0v) is 16.3. The lowest BCUT2D eigenvalue weighted by molar-refractivity contribution is -0.132. The van der Waals surface area contributed by atoms with Gasteiger partial charge in [-0.2, -0.15) is 0 Å². The van der Waals surface area contributed by atoms with Crippen LogP contribution in [-0.4, -0.2) is 71.0 Å². The summed E-state index contributed by atoms with van der Waals surface area (Å²) in [6.45, 7) is 4.67. The van der Waals surface area contributed by atoms with Gasteiger partial charge in [-0.05, 0) is 18.6 Å². The summed E-state index contributed by atoms with van der Waals surface area (Å²) in [5.74, 6) is 0.558. The Labute approximate surface area is 165 Å². The molecule has 8 nitrogen and oxygen atoms in total. The Morgan fingerprint density at radius 1 is 1.07 bits per heavy atom. The fourth-order valence-corrected chi connectivity index (χ4v) is 3.17. The zero-order valence-electron chi connectivity index (χ0n) is 16.3. The summed E-state index contributed by atoms with van der Waals surface area (Å²) >= 11 is 0. The molecular weight excluding hydrogens is 356 g/mol. The molecule has 1 aliphatic heterocycles. The third kappa shape index (κ3) is 4.97. The molecule has 28 heavy (non-hydrogen) atoms. The fraction of sp³-hybridized carbons (Fsp3) is 0.400. The van der Waals surface area contributed by atoms with E-state index in [0.29, 0.717) is 38.7 Å². The van der Waals surface area contributed by atoms with E-state index in [1.165, 1.54) is 0 Å². The summed E-state index contributed by atoms with van der Waals surface area (Å²) in [6.07, 6.45) is 3.42. The van der Waals surface area contributed by atoms with Crippen molar-refractivity contribution in [1.29, 1.82) is 0 Å². The molecule has 1 fully saturated rings. The van der Waals surface area contributed by atoms with E-state index in [-0.39, 0.29) is 11.9 Å². The minimum Gasteiger partial charge on any atom is -0.340 e. The third-order valence-electron chi connectivity index (χ3n) is 4.75. The summed E-state index contributed by atoms with van der Waals surface area (Å²) in [6, 6.07) is 10.8. The van der Waals surface area contributed by atoms with Gasteiger partial charge >= 0.3 is 6.03 Å². The topological polar surface area (TPSA) is 81.7 Å². The second-order valence-electron chi connectivity index (χ2n) is 6.87. The van der Waals surface area contributed by atoms with Gasteiger partial charge < -0.3 is 20.0 Å². The van der Waals surface area contributed by atoms with Crippen molar-refractivity contribution >= 4 is 17.9 Å². The van der Waals surface area contributed by atoms with Gasteiger partial charge in [-0.25, -0.2) is 14.8 Å². The van der Waals surface area contributed by atoms with Crippen molar-refractivity contribution in [2.75, 3.05) is 38.1 Å². The SMILES string of the molecule is C[C@@H](NC(=O)N1CCN(c2ncccn2)CC1)C(=O)N(C)Cc1ccccc1. The molecule has 0 bridgehead atoms. The smallest absolute Gasteiger partial charge is 0.318 e. The number of anilines is 1. The van der Waals surface area contributed by atoms with Gasteiger partial charge in [0, 0.05) is 52.2 Å². The zero-order chi connectivity index (χ0) is 19.9. The second-order valence-corrected chi connectivity index (χ2v) is 6.87. The molecule has 8 heteroatoms. The molecule has 3 amide bonds. The first-order valence-corrected chi connectivity index (χ1v) is 9.41. The maximum absolute atomic E-state index is 12.6. The van der Waals surface area contributed by atoms with Crippen LogP contribution in [0.1, 0.15) is 12.5 Å². The third-order valence-corrected chi connectivity index (χ3v) is 4.75. The standard InChI is InChI=1S/C20H26N6O2/c1-16(18(27)24(2)15-17-7-4-3-5-8-17)23-20(28)26-13-11-25(12-14-26)19-21-9-6-10-22-19/h3-10,16H,11-15H2,1-2H3,(H,23,28)/t16-/m1/s1. The molecule has 1 aromatic carbocycles. The molecule has 0 spiro atoms. The van der Waals surface area contributed by atoms with Crippen molar-refractivity contribution in [3.8, 4) is 0 Å². The number of nitrogens with zero attached hydrogens (tertiary/aromatic N) is 5. The summed E-state index contributed by atoms with van der Waals surface area (Å²) in [4.78, 5) is 39.0. The predicted octanol–water partition coefficient (Wildman–Crippen LogP) is 1.36. The van der Waals surface area contributed by atoms with Gasteiger partial charge in [0.25, 0.3) is 0 Å². The van der Waals surface area contributed by atoms with Gasteiger partial charge in [-0.15, -0.1) is 0 Å². The molecule has 1 atom stereocenters. The normalized spacial score (nSPS) is 15.1. The Morgan fingerprint density at radius 2 is 1.71 bits per heavy atom. The van der Waals surface area contributed by atoms with Gasteiger partial charge in [0.1, 0.15) is 6.04 Å². The number of benzene rings is 1. The highest BCUT2D eigenvalue weighted by atomic mass is 16.2. The summed E-state index contributed by atoms with van der Waals surface area (Å²) in [5, 5.41) is 2.82. The van der Waals surface area contributed by atoms with Crippen molar-refractivity contribution in [2.45, 2.75) is 19.5 Å². The number of carbonyl (C=O) groups is 2. The van der Waals surface area contributed by atoms with E-state index in [2.05, 4.69) is 15.3 Å². The number of rotatable bonds is 5. The molecule has 0 saturated carbocycles. The van der Waals surface area contributed by atoms with Crippen molar-refractivity contribution in [1.82, 2.24) is 25.1 Å². The summed E-state index contributed by atoms with van der Waals surface area (Å²) < 4.78 is 0. The predicted molar refractivity (Wildman–Crippen MR) is 107 cm³/mol. The van der Waals surface area contributed by atoms with E-state index in [9.17, 15) is 9.59 Å². The quantitative estimate of drug-likeness (QED) is 0.844. The van der Waals surface area contributed by atoms with E-state index in [4.69, 9.17) is 0 Å². The van der Waals surface area contributed by atoms with Crippen LogP contribution in [0.4, 0.5) is 10.7 Å². The number of hydrogen-bond acceptors (Lipinski definition) is 5. The Morgan fingerprint density at radius 3 is 2.36 bits per heavy atom. The molecule has 1 aliphatic rings. The first kappa shape index (κ1) is 19.6. The first-order chi connectivity index (χ1) is 13.5. The number of piperazine rings is 1. The fourth-order valence-electron chi connectivity index (χ4n) is 3.17. The molecule has 1 N–H and O–H groups in total. The van der Waals surface area contributed by atoms with Gasteiger partial charge in [0.05, 0.1) is 0 Å². The highest BCUT2D eigenvalue weighted by molar-refractivity contribution is 5.86. The number of amides is 3. The molecule has 0 unspecified atom stereocenters. The summed E-state index contributed by atoms with van der Waals surface area (Å²) in [7, 11) is 1.75. The maximum Gasteiger partial charge on any atom is 0.318 e. The van der Waals surface area contributed by atoms with Gasteiger partial charge in [-0.3, -0.25) is 4.79 Å². The van der Waals surface area contributed by atoms with Crippen LogP contribution in [0.5, 0.6) is 0 Å². The molecule has 2 aromatic rings. The van der Waals surface area contributed by atoms with Crippen LogP contribution in [0.25, 0.3) is 0 Å². The molecule has 2 heterocycles. The van der Waals surface area contributed by atoms with Gasteiger partial charge in [-0.1, -0.05) is 30.3 Å². The van der Waals surface area contributed by atoms with Crippen LogP contribution in [0.2, 0.25) is 0 Å². The van der Waals surface area contributed by atoms with Crippen LogP contribution in [0.3, 0.4) is 0 Å². The minimum absolute atomic E-state index is 0.117. The Hall–Kier alpha value is -3.16. The molecule has 148 valence electrons. The number of nitrogens with one attached hydrogen (secondary N) is 1. The van der Waals surface area contributed by atoms with E-state index in [0.717, 1.165) is 5.56 Å². The monoisotopic (exact) mass is 382 g/mol. The van der Waals surface area contributed by atoms with Gasteiger partial charge in [0.15, 0.2) is 0 Å². The van der Waals surface area contributed by atoms with E-state index >= 15 is 0 Å². The lowest BCUT2D eigenvalue weighted by Crippen LogP contribution is -2.55.